The highest BCUT2D eigenvalue weighted by Gasteiger charge is 2.05. The van der Waals surface area contributed by atoms with Crippen molar-refractivity contribution in [1.29, 1.82) is 0 Å². The molecule has 102 valence electrons. The molecule has 0 radical (unpaired) electrons. The summed E-state index contributed by atoms with van der Waals surface area (Å²) in [6.45, 7) is 6.02. The predicted octanol–water partition coefficient (Wildman–Crippen LogP) is 2.15. The van der Waals surface area contributed by atoms with Crippen molar-refractivity contribution in [3.05, 3.63) is 29.8 Å². The van der Waals surface area contributed by atoms with Crippen molar-refractivity contribution in [3.63, 3.8) is 0 Å². The van der Waals surface area contributed by atoms with E-state index in [1.807, 2.05) is 19.1 Å². The molecule has 3 heteroatoms. The molecule has 0 saturated heterocycles. The fourth-order valence-corrected chi connectivity index (χ4v) is 2.01. The van der Waals surface area contributed by atoms with Crippen LogP contribution in [0.15, 0.2) is 24.3 Å². The molecule has 0 aliphatic rings. The summed E-state index contributed by atoms with van der Waals surface area (Å²) in [5.41, 5.74) is 7.03. The Morgan fingerprint density at radius 3 is 2.28 bits per heavy atom. The molecular formula is C15H26N2O. The largest absolute Gasteiger partial charge is 0.493 e. The Bertz CT molecular complexity index is 333. The van der Waals surface area contributed by atoms with Crippen LogP contribution >= 0.6 is 0 Å². The fourth-order valence-electron chi connectivity index (χ4n) is 2.01. The SMILES string of the molecule is CC(N)Cc1ccc(OCC(C)CN(C)C)cc1. The zero-order valence-corrected chi connectivity index (χ0v) is 12.0. The molecule has 0 bridgehead atoms. The van der Waals surface area contributed by atoms with E-state index in [9.17, 15) is 0 Å². The second kappa shape index (κ2) is 7.39. The lowest BCUT2D eigenvalue weighted by atomic mass is 10.1. The van der Waals surface area contributed by atoms with Gasteiger partial charge in [0.1, 0.15) is 5.75 Å². The quantitative estimate of drug-likeness (QED) is 0.806. The number of rotatable bonds is 7. The van der Waals surface area contributed by atoms with E-state index in [1.165, 1.54) is 5.56 Å². The minimum Gasteiger partial charge on any atom is -0.493 e. The Morgan fingerprint density at radius 2 is 1.78 bits per heavy atom. The maximum Gasteiger partial charge on any atom is 0.119 e. The Labute approximate surface area is 111 Å². The Hall–Kier alpha value is -1.06. The zero-order chi connectivity index (χ0) is 13.5. The van der Waals surface area contributed by atoms with Crippen LogP contribution in [0, 0.1) is 5.92 Å². The summed E-state index contributed by atoms with van der Waals surface area (Å²) in [7, 11) is 4.17. The van der Waals surface area contributed by atoms with Gasteiger partial charge in [0.25, 0.3) is 0 Å². The van der Waals surface area contributed by atoms with Gasteiger partial charge >= 0.3 is 0 Å². The van der Waals surface area contributed by atoms with Crippen LogP contribution in [-0.2, 0) is 6.42 Å². The van der Waals surface area contributed by atoms with E-state index < -0.39 is 0 Å². The summed E-state index contributed by atoms with van der Waals surface area (Å²) in [5, 5.41) is 0. The topological polar surface area (TPSA) is 38.5 Å². The van der Waals surface area contributed by atoms with Gasteiger partial charge in [-0.25, -0.2) is 0 Å². The van der Waals surface area contributed by atoms with Crippen molar-refractivity contribution in [2.24, 2.45) is 11.7 Å². The molecule has 0 aliphatic heterocycles. The van der Waals surface area contributed by atoms with Gasteiger partial charge in [0.15, 0.2) is 0 Å². The molecule has 0 fully saturated rings. The molecule has 1 aromatic carbocycles. The van der Waals surface area contributed by atoms with Gasteiger partial charge in [-0.2, -0.15) is 0 Å². The number of hydrogen-bond acceptors (Lipinski definition) is 3. The third-order valence-corrected chi connectivity index (χ3v) is 2.69. The van der Waals surface area contributed by atoms with Gasteiger partial charge in [0, 0.05) is 18.5 Å². The monoisotopic (exact) mass is 250 g/mol. The minimum absolute atomic E-state index is 0.205. The third-order valence-electron chi connectivity index (χ3n) is 2.69. The first-order valence-corrected chi connectivity index (χ1v) is 6.59. The van der Waals surface area contributed by atoms with E-state index in [0.29, 0.717) is 5.92 Å². The smallest absolute Gasteiger partial charge is 0.119 e. The van der Waals surface area contributed by atoms with Crippen LogP contribution in [0.1, 0.15) is 19.4 Å². The van der Waals surface area contributed by atoms with Gasteiger partial charge in [-0.05, 0) is 45.1 Å². The van der Waals surface area contributed by atoms with Gasteiger partial charge in [0.05, 0.1) is 6.61 Å². The Kier molecular flexibility index (Phi) is 6.16. The predicted molar refractivity (Wildman–Crippen MR) is 77.0 cm³/mol. The second-order valence-electron chi connectivity index (χ2n) is 5.50. The van der Waals surface area contributed by atoms with Gasteiger partial charge in [-0.15, -0.1) is 0 Å². The van der Waals surface area contributed by atoms with Crippen LogP contribution in [0.3, 0.4) is 0 Å². The van der Waals surface area contributed by atoms with E-state index in [0.717, 1.165) is 25.3 Å². The summed E-state index contributed by atoms with van der Waals surface area (Å²) in [4.78, 5) is 2.18. The van der Waals surface area contributed by atoms with Crippen LogP contribution in [0.4, 0.5) is 0 Å². The lowest BCUT2D eigenvalue weighted by molar-refractivity contribution is 0.222. The van der Waals surface area contributed by atoms with Gasteiger partial charge in [-0.1, -0.05) is 19.1 Å². The van der Waals surface area contributed by atoms with E-state index in [4.69, 9.17) is 10.5 Å². The molecule has 18 heavy (non-hydrogen) atoms. The van der Waals surface area contributed by atoms with Crippen LogP contribution in [0.5, 0.6) is 5.75 Å². The average Bonchev–Trinajstić information content (AvgIpc) is 2.26. The van der Waals surface area contributed by atoms with E-state index in [-0.39, 0.29) is 6.04 Å². The van der Waals surface area contributed by atoms with Gasteiger partial charge < -0.3 is 15.4 Å². The molecule has 2 atom stereocenters. The first-order valence-electron chi connectivity index (χ1n) is 6.59. The molecule has 1 rings (SSSR count). The first kappa shape index (κ1) is 15.0. The van der Waals surface area contributed by atoms with E-state index >= 15 is 0 Å². The maximum atomic E-state index is 5.77. The van der Waals surface area contributed by atoms with Crippen molar-refractivity contribution in [2.45, 2.75) is 26.3 Å². The highest BCUT2D eigenvalue weighted by atomic mass is 16.5. The molecule has 0 aliphatic carbocycles. The number of ether oxygens (including phenoxy) is 1. The fraction of sp³-hybridized carbons (Fsp3) is 0.600. The standard InChI is InChI=1S/C15H26N2O/c1-12(10-17(3)4)11-18-15-7-5-14(6-8-15)9-13(2)16/h5-8,12-13H,9-11,16H2,1-4H3. The summed E-state index contributed by atoms with van der Waals surface area (Å²) in [5.74, 6) is 1.47. The highest BCUT2D eigenvalue weighted by molar-refractivity contribution is 5.27. The second-order valence-corrected chi connectivity index (χ2v) is 5.50. The van der Waals surface area contributed by atoms with Crippen LogP contribution in [0.2, 0.25) is 0 Å². The van der Waals surface area contributed by atoms with Crippen molar-refractivity contribution in [1.82, 2.24) is 4.90 Å². The number of nitrogens with zero attached hydrogens (tertiary/aromatic N) is 1. The molecule has 0 spiro atoms. The molecule has 1 aromatic rings. The molecule has 0 amide bonds. The molecule has 3 nitrogen and oxygen atoms in total. The molecule has 2 N–H and O–H groups in total. The van der Waals surface area contributed by atoms with Gasteiger partial charge in [-0.3, -0.25) is 0 Å². The van der Waals surface area contributed by atoms with E-state index in [2.05, 4.69) is 38.1 Å². The number of nitrogens with two attached hydrogens (primary N) is 1. The number of benzene rings is 1. The highest BCUT2D eigenvalue weighted by Crippen LogP contribution is 2.14. The summed E-state index contributed by atoms with van der Waals surface area (Å²) in [6.07, 6.45) is 0.914. The molecule has 0 aromatic heterocycles. The summed E-state index contributed by atoms with van der Waals surface area (Å²) in [6, 6.07) is 8.45. The molecular weight excluding hydrogens is 224 g/mol. The Balaban J connectivity index is 2.39. The molecule has 0 heterocycles. The van der Waals surface area contributed by atoms with Crippen molar-refractivity contribution in [3.8, 4) is 5.75 Å². The maximum absolute atomic E-state index is 5.77. The summed E-state index contributed by atoms with van der Waals surface area (Å²) < 4.78 is 5.77. The zero-order valence-electron chi connectivity index (χ0n) is 12.0. The lowest BCUT2D eigenvalue weighted by Crippen LogP contribution is -2.24. The first-order chi connectivity index (χ1) is 8.47. The Morgan fingerprint density at radius 1 is 1.17 bits per heavy atom. The number of hydrogen-bond donors (Lipinski definition) is 1. The van der Waals surface area contributed by atoms with Crippen molar-refractivity contribution >= 4 is 0 Å². The van der Waals surface area contributed by atoms with Crippen molar-refractivity contribution in [2.75, 3.05) is 27.2 Å². The normalized spacial score (nSPS) is 14.6. The third kappa shape index (κ3) is 6.03. The van der Waals surface area contributed by atoms with Crippen LogP contribution in [0.25, 0.3) is 0 Å². The van der Waals surface area contributed by atoms with Crippen LogP contribution < -0.4 is 10.5 Å². The average molecular weight is 250 g/mol. The summed E-state index contributed by atoms with van der Waals surface area (Å²) >= 11 is 0. The lowest BCUT2D eigenvalue weighted by Gasteiger charge is -2.17. The minimum atomic E-state index is 0.205. The molecule has 2 unspecified atom stereocenters. The van der Waals surface area contributed by atoms with Gasteiger partial charge in [0.2, 0.25) is 0 Å². The molecule has 0 saturated carbocycles. The van der Waals surface area contributed by atoms with E-state index in [1.54, 1.807) is 0 Å². The van der Waals surface area contributed by atoms with Crippen LogP contribution in [-0.4, -0.2) is 38.2 Å². The van der Waals surface area contributed by atoms with Crippen molar-refractivity contribution < 1.29 is 4.74 Å².